The molecule has 3 N–H and O–H groups in total. The van der Waals surface area contributed by atoms with Crippen molar-refractivity contribution < 1.29 is 9.18 Å². The fraction of sp³-hybridized carbons (Fsp3) is 0.562. The van der Waals surface area contributed by atoms with Crippen molar-refractivity contribution in [1.29, 1.82) is 0 Å². The van der Waals surface area contributed by atoms with Crippen molar-refractivity contribution in [2.45, 2.75) is 58.3 Å². The molecule has 0 heterocycles. The van der Waals surface area contributed by atoms with E-state index in [2.05, 4.69) is 12.2 Å². The van der Waals surface area contributed by atoms with Crippen molar-refractivity contribution in [3.8, 4) is 0 Å². The number of halogens is 1. The van der Waals surface area contributed by atoms with Crippen molar-refractivity contribution in [1.82, 2.24) is 0 Å². The van der Waals surface area contributed by atoms with E-state index in [1.165, 1.54) is 50.3 Å². The molecule has 0 aliphatic carbocycles. The van der Waals surface area contributed by atoms with Gasteiger partial charge in [0.15, 0.2) is 0 Å². The van der Waals surface area contributed by atoms with Gasteiger partial charge in [0.05, 0.1) is 5.69 Å². The Bertz CT molecular complexity index is 421. The van der Waals surface area contributed by atoms with Crippen LogP contribution >= 0.6 is 0 Å². The first-order valence-electron chi connectivity index (χ1n) is 7.48. The molecule has 0 aromatic heterocycles. The van der Waals surface area contributed by atoms with Gasteiger partial charge in [-0.15, -0.1) is 0 Å². The Morgan fingerprint density at radius 2 is 1.80 bits per heavy atom. The molecular formula is C16H25FN2O. The number of nitrogen functional groups attached to an aromatic ring is 1. The lowest BCUT2D eigenvalue weighted by Gasteiger charge is -2.06. The lowest BCUT2D eigenvalue weighted by molar-refractivity contribution is -0.116. The summed E-state index contributed by atoms with van der Waals surface area (Å²) in [6.45, 7) is 2.20. The standard InChI is InChI=1S/C16H25FN2O/c1-2-3-4-5-6-7-8-9-16(20)19-13-10-11-14(17)15(18)12-13/h10-12H,2-9,18H2,1H3,(H,19,20). The van der Waals surface area contributed by atoms with E-state index in [0.29, 0.717) is 12.1 Å². The molecule has 0 aliphatic rings. The van der Waals surface area contributed by atoms with Gasteiger partial charge in [-0.05, 0) is 24.6 Å². The number of benzene rings is 1. The first kappa shape index (κ1) is 16.5. The Balaban J connectivity index is 2.15. The van der Waals surface area contributed by atoms with E-state index in [1.54, 1.807) is 0 Å². The highest BCUT2D eigenvalue weighted by Gasteiger charge is 2.04. The minimum Gasteiger partial charge on any atom is -0.396 e. The van der Waals surface area contributed by atoms with Crippen LogP contribution in [0.3, 0.4) is 0 Å². The summed E-state index contributed by atoms with van der Waals surface area (Å²) in [5, 5.41) is 2.74. The third kappa shape index (κ3) is 6.55. The predicted octanol–water partition coefficient (Wildman–Crippen LogP) is 4.49. The maximum atomic E-state index is 13.0. The van der Waals surface area contributed by atoms with Crippen LogP contribution in [0.15, 0.2) is 18.2 Å². The van der Waals surface area contributed by atoms with Crippen LogP contribution in [0.5, 0.6) is 0 Å². The second kappa shape index (κ2) is 9.34. The van der Waals surface area contributed by atoms with Gasteiger partial charge in [-0.3, -0.25) is 4.79 Å². The zero-order chi connectivity index (χ0) is 14.8. The Kier molecular flexibility index (Phi) is 7.70. The highest BCUT2D eigenvalue weighted by Crippen LogP contribution is 2.17. The van der Waals surface area contributed by atoms with Crippen LogP contribution in [-0.4, -0.2) is 5.91 Å². The highest BCUT2D eigenvalue weighted by molar-refractivity contribution is 5.91. The van der Waals surface area contributed by atoms with E-state index in [-0.39, 0.29) is 11.6 Å². The quantitative estimate of drug-likeness (QED) is 0.517. The molecule has 0 radical (unpaired) electrons. The first-order valence-corrected chi connectivity index (χ1v) is 7.48. The molecule has 0 atom stereocenters. The summed E-state index contributed by atoms with van der Waals surface area (Å²) >= 11 is 0. The van der Waals surface area contributed by atoms with Crippen molar-refractivity contribution in [3.63, 3.8) is 0 Å². The van der Waals surface area contributed by atoms with Gasteiger partial charge < -0.3 is 11.1 Å². The largest absolute Gasteiger partial charge is 0.396 e. The Morgan fingerprint density at radius 3 is 2.45 bits per heavy atom. The molecule has 0 saturated heterocycles. The van der Waals surface area contributed by atoms with Crippen molar-refractivity contribution in [3.05, 3.63) is 24.0 Å². The monoisotopic (exact) mass is 280 g/mol. The SMILES string of the molecule is CCCCCCCCCC(=O)Nc1ccc(F)c(N)c1. The molecule has 0 bridgehead atoms. The third-order valence-corrected chi connectivity index (χ3v) is 3.29. The van der Waals surface area contributed by atoms with Gasteiger partial charge in [0.1, 0.15) is 5.82 Å². The summed E-state index contributed by atoms with van der Waals surface area (Å²) in [6, 6.07) is 4.23. The van der Waals surface area contributed by atoms with Crippen LogP contribution in [0.2, 0.25) is 0 Å². The molecule has 0 aliphatic heterocycles. The summed E-state index contributed by atoms with van der Waals surface area (Å²) in [5.74, 6) is -0.500. The minimum atomic E-state index is -0.463. The molecule has 4 heteroatoms. The zero-order valence-electron chi connectivity index (χ0n) is 12.3. The highest BCUT2D eigenvalue weighted by atomic mass is 19.1. The second-order valence-corrected chi connectivity index (χ2v) is 5.16. The van der Waals surface area contributed by atoms with Crippen molar-refractivity contribution in [2.24, 2.45) is 0 Å². The number of anilines is 2. The molecule has 3 nitrogen and oxygen atoms in total. The maximum Gasteiger partial charge on any atom is 0.224 e. The summed E-state index contributed by atoms with van der Waals surface area (Å²) in [5.41, 5.74) is 6.06. The van der Waals surface area contributed by atoms with Crippen LogP contribution in [0.4, 0.5) is 15.8 Å². The molecule has 1 aromatic carbocycles. The summed E-state index contributed by atoms with van der Waals surface area (Å²) in [4.78, 5) is 11.7. The van der Waals surface area contributed by atoms with Crippen LogP contribution in [-0.2, 0) is 4.79 Å². The van der Waals surface area contributed by atoms with Gasteiger partial charge in [0, 0.05) is 12.1 Å². The van der Waals surface area contributed by atoms with Crippen LogP contribution in [0.25, 0.3) is 0 Å². The average molecular weight is 280 g/mol. The molecular weight excluding hydrogens is 255 g/mol. The van der Waals surface area contributed by atoms with Gasteiger partial charge in [-0.2, -0.15) is 0 Å². The smallest absolute Gasteiger partial charge is 0.224 e. The number of nitrogens with one attached hydrogen (secondary N) is 1. The number of amides is 1. The van der Waals surface area contributed by atoms with Crippen LogP contribution in [0, 0.1) is 5.82 Å². The van der Waals surface area contributed by atoms with E-state index < -0.39 is 5.82 Å². The van der Waals surface area contributed by atoms with E-state index in [9.17, 15) is 9.18 Å². The van der Waals surface area contributed by atoms with Gasteiger partial charge >= 0.3 is 0 Å². The summed E-state index contributed by atoms with van der Waals surface area (Å²) in [6.07, 6.45) is 8.77. The molecule has 112 valence electrons. The van der Waals surface area contributed by atoms with Gasteiger partial charge in [0.25, 0.3) is 0 Å². The van der Waals surface area contributed by atoms with Crippen molar-refractivity contribution >= 4 is 17.3 Å². The van der Waals surface area contributed by atoms with Crippen molar-refractivity contribution in [2.75, 3.05) is 11.1 Å². The fourth-order valence-corrected chi connectivity index (χ4v) is 2.09. The average Bonchev–Trinajstić information content (AvgIpc) is 2.42. The minimum absolute atomic E-state index is 0.0374. The number of carbonyl (C=O) groups excluding carboxylic acids is 1. The lowest BCUT2D eigenvalue weighted by atomic mass is 10.1. The number of hydrogen-bond donors (Lipinski definition) is 2. The van der Waals surface area contributed by atoms with E-state index >= 15 is 0 Å². The molecule has 1 aromatic rings. The summed E-state index contributed by atoms with van der Waals surface area (Å²) < 4.78 is 13.0. The molecule has 20 heavy (non-hydrogen) atoms. The molecule has 0 fully saturated rings. The van der Waals surface area contributed by atoms with E-state index in [4.69, 9.17) is 5.73 Å². The van der Waals surface area contributed by atoms with Crippen LogP contribution in [0.1, 0.15) is 58.3 Å². The molecule has 1 rings (SSSR count). The normalized spacial score (nSPS) is 10.5. The fourth-order valence-electron chi connectivity index (χ4n) is 2.09. The van der Waals surface area contributed by atoms with Crippen LogP contribution < -0.4 is 11.1 Å². The topological polar surface area (TPSA) is 55.1 Å². The summed E-state index contributed by atoms with van der Waals surface area (Å²) in [7, 11) is 0. The molecule has 0 unspecified atom stereocenters. The lowest BCUT2D eigenvalue weighted by Crippen LogP contribution is -2.11. The predicted molar refractivity (Wildman–Crippen MR) is 82.1 cm³/mol. The molecule has 0 saturated carbocycles. The first-order chi connectivity index (χ1) is 9.63. The Labute approximate surface area is 120 Å². The molecule has 0 spiro atoms. The number of rotatable bonds is 9. The number of unbranched alkanes of at least 4 members (excludes halogenated alkanes) is 6. The van der Waals surface area contributed by atoms with Gasteiger partial charge in [0.2, 0.25) is 5.91 Å². The number of nitrogens with two attached hydrogens (primary N) is 1. The molecule has 1 amide bonds. The zero-order valence-corrected chi connectivity index (χ0v) is 12.3. The van der Waals surface area contributed by atoms with E-state index in [0.717, 1.165) is 12.8 Å². The Morgan fingerprint density at radius 1 is 1.15 bits per heavy atom. The van der Waals surface area contributed by atoms with Gasteiger partial charge in [-0.25, -0.2) is 4.39 Å². The third-order valence-electron chi connectivity index (χ3n) is 3.29. The maximum absolute atomic E-state index is 13.0. The second-order valence-electron chi connectivity index (χ2n) is 5.16. The number of carbonyl (C=O) groups is 1. The van der Waals surface area contributed by atoms with E-state index in [1.807, 2.05) is 0 Å². The number of hydrogen-bond acceptors (Lipinski definition) is 2. The van der Waals surface area contributed by atoms with Gasteiger partial charge in [-0.1, -0.05) is 45.4 Å². The Hall–Kier alpha value is -1.58.